The Kier molecular flexibility index (Phi) is 78.1. The molecule has 0 saturated carbocycles. The molecular weight excluding hydrogens is 1270 g/mol. The summed E-state index contributed by atoms with van der Waals surface area (Å²) in [5.41, 5.74) is 5.41. The summed E-state index contributed by atoms with van der Waals surface area (Å²) < 4.78 is 33.2. The summed E-state index contributed by atoms with van der Waals surface area (Å²) in [5.74, 6) is -0.866. The zero-order chi connectivity index (χ0) is 72.9. The van der Waals surface area contributed by atoms with Gasteiger partial charge in [0, 0.05) is 19.4 Å². The first kappa shape index (κ1) is 95.1. The number of ether oxygens (including phenoxy) is 2. The molecule has 0 spiro atoms. The minimum atomic E-state index is -4.42. The third kappa shape index (κ3) is 82.9. The summed E-state index contributed by atoms with van der Waals surface area (Å²) in [5, 5.41) is 0. The molecule has 0 aromatic rings. The number of phosphoric acid groups is 1. The molecular formula is C91H144NO8P. The molecule has 0 rings (SSSR count). The van der Waals surface area contributed by atoms with Crippen LogP contribution in [-0.4, -0.2) is 49.3 Å². The molecule has 0 heterocycles. The average Bonchev–Trinajstić information content (AvgIpc) is 1.04. The molecule has 101 heavy (non-hydrogen) atoms. The van der Waals surface area contributed by atoms with Crippen molar-refractivity contribution in [2.75, 3.05) is 26.4 Å². The summed E-state index contributed by atoms with van der Waals surface area (Å²) >= 11 is 0. The second kappa shape index (κ2) is 83.0. The maximum Gasteiger partial charge on any atom is 0.472 e. The summed E-state index contributed by atoms with van der Waals surface area (Å²) in [6, 6.07) is 0. The minimum Gasteiger partial charge on any atom is -0.462 e. The van der Waals surface area contributed by atoms with Crippen LogP contribution in [0.4, 0.5) is 0 Å². The van der Waals surface area contributed by atoms with E-state index in [-0.39, 0.29) is 32.6 Å². The van der Waals surface area contributed by atoms with Crippen molar-refractivity contribution in [2.45, 2.75) is 302 Å². The van der Waals surface area contributed by atoms with Crippen molar-refractivity contribution in [3.63, 3.8) is 0 Å². The number of hydrogen-bond donors (Lipinski definition) is 2. The molecule has 10 heteroatoms. The van der Waals surface area contributed by atoms with Crippen LogP contribution in [0.1, 0.15) is 296 Å². The molecule has 0 aromatic carbocycles. The monoisotopic (exact) mass is 1410 g/mol. The lowest BCUT2D eigenvalue weighted by Gasteiger charge is -2.19. The topological polar surface area (TPSA) is 134 Å². The number of esters is 2. The Morgan fingerprint density at radius 1 is 0.297 bits per heavy atom. The third-order valence-electron chi connectivity index (χ3n) is 16.0. The molecule has 0 bridgehead atoms. The standard InChI is InChI=1S/C91H144NO8P/c1-3-5-7-9-11-13-15-17-19-21-23-25-27-29-31-33-35-37-39-41-43-44-46-48-50-52-54-56-58-60-62-64-66-68-70-72-74-76-78-80-82-84-91(94)100-89(88-99-101(95,96)98-86-85-92)87-97-90(93)83-81-79-77-75-73-71-69-67-65-63-61-59-57-55-53-51-49-47-45-42-40-38-36-34-32-30-28-26-24-22-20-18-16-14-12-10-8-6-4-2/h5-8,11-14,17-20,23-26,29-32,35-38,41-43,45-46,48,52,54,58,60,64,66,70,72,89H,3-4,9-10,15-16,21-22,27-28,33-34,39-40,44,47,49-51,53,55-57,59,61-63,65,67-69,71,73-88,92H2,1-2H3,(H,95,96)/b7-5-,8-6-,13-11-,14-12-,19-17-,20-18-,25-23-,26-24-,31-29-,32-30-,37-35-,38-36-,43-41-,45-42-,48-46-,54-52-,60-58-,66-64-,72-70-. The first-order chi connectivity index (χ1) is 49.8. The summed E-state index contributed by atoms with van der Waals surface area (Å²) in [7, 11) is -4.42. The van der Waals surface area contributed by atoms with E-state index in [1.165, 1.54) is 96.3 Å². The summed E-state index contributed by atoms with van der Waals surface area (Å²) in [6.07, 6.45) is 130. The molecule has 3 N–H and O–H groups in total. The zero-order valence-electron chi connectivity index (χ0n) is 63.8. The maximum absolute atomic E-state index is 12.8. The van der Waals surface area contributed by atoms with Crippen molar-refractivity contribution >= 4 is 19.8 Å². The van der Waals surface area contributed by atoms with Crippen molar-refractivity contribution in [2.24, 2.45) is 5.73 Å². The van der Waals surface area contributed by atoms with Crippen LogP contribution in [0.25, 0.3) is 0 Å². The van der Waals surface area contributed by atoms with Crippen LogP contribution in [-0.2, 0) is 32.7 Å². The van der Waals surface area contributed by atoms with E-state index in [1.54, 1.807) is 0 Å². The van der Waals surface area contributed by atoms with Crippen molar-refractivity contribution in [3.8, 4) is 0 Å². The van der Waals surface area contributed by atoms with Gasteiger partial charge in [-0.1, -0.05) is 354 Å². The average molecular weight is 1410 g/mol. The van der Waals surface area contributed by atoms with Crippen LogP contribution >= 0.6 is 7.82 Å². The lowest BCUT2D eigenvalue weighted by molar-refractivity contribution is -0.161. The van der Waals surface area contributed by atoms with Crippen LogP contribution in [0.5, 0.6) is 0 Å². The number of hydrogen-bond acceptors (Lipinski definition) is 8. The smallest absolute Gasteiger partial charge is 0.462 e. The Labute approximate surface area is 619 Å². The predicted molar refractivity (Wildman–Crippen MR) is 440 cm³/mol. The van der Waals surface area contributed by atoms with Crippen LogP contribution in [0.15, 0.2) is 231 Å². The van der Waals surface area contributed by atoms with E-state index >= 15 is 0 Å². The van der Waals surface area contributed by atoms with Gasteiger partial charge >= 0.3 is 19.8 Å². The predicted octanol–water partition coefficient (Wildman–Crippen LogP) is 27.3. The van der Waals surface area contributed by atoms with Crippen LogP contribution in [0.3, 0.4) is 0 Å². The van der Waals surface area contributed by atoms with E-state index in [0.29, 0.717) is 6.42 Å². The van der Waals surface area contributed by atoms with Gasteiger partial charge in [-0.3, -0.25) is 18.6 Å². The molecule has 0 amide bonds. The fourth-order valence-electron chi connectivity index (χ4n) is 10.2. The fourth-order valence-corrected chi connectivity index (χ4v) is 11.0. The number of unbranched alkanes of at least 4 members (excludes halogenated alkanes) is 21. The Morgan fingerprint density at radius 2 is 0.515 bits per heavy atom. The molecule has 0 aliphatic heterocycles. The molecule has 0 radical (unpaired) electrons. The molecule has 2 unspecified atom stereocenters. The molecule has 0 aliphatic carbocycles. The van der Waals surface area contributed by atoms with Gasteiger partial charge in [0.15, 0.2) is 6.10 Å². The number of carbonyl (C=O) groups is 2. The second-order valence-electron chi connectivity index (χ2n) is 25.5. The highest BCUT2D eigenvalue weighted by atomic mass is 31.2. The van der Waals surface area contributed by atoms with Crippen LogP contribution < -0.4 is 5.73 Å². The maximum atomic E-state index is 12.8. The van der Waals surface area contributed by atoms with Crippen LogP contribution in [0, 0.1) is 0 Å². The highest BCUT2D eigenvalue weighted by molar-refractivity contribution is 7.47. The Morgan fingerprint density at radius 3 is 0.762 bits per heavy atom. The lowest BCUT2D eigenvalue weighted by Crippen LogP contribution is -2.29. The normalized spacial score (nSPS) is 14.1. The van der Waals surface area contributed by atoms with E-state index in [9.17, 15) is 19.0 Å². The van der Waals surface area contributed by atoms with E-state index < -0.39 is 32.5 Å². The van der Waals surface area contributed by atoms with Crippen LogP contribution in [0.2, 0.25) is 0 Å². The first-order valence-corrected chi connectivity index (χ1v) is 41.4. The van der Waals surface area contributed by atoms with Crippen molar-refractivity contribution in [3.05, 3.63) is 231 Å². The number of rotatable bonds is 72. The van der Waals surface area contributed by atoms with Crippen molar-refractivity contribution < 1.29 is 37.6 Å². The van der Waals surface area contributed by atoms with Gasteiger partial charge in [0.2, 0.25) is 0 Å². The molecule has 0 aromatic heterocycles. The highest BCUT2D eigenvalue weighted by Crippen LogP contribution is 2.43. The summed E-state index contributed by atoms with van der Waals surface area (Å²) in [4.78, 5) is 35.5. The Hall–Kier alpha value is -5.93. The van der Waals surface area contributed by atoms with Crippen molar-refractivity contribution in [1.82, 2.24) is 0 Å². The van der Waals surface area contributed by atoms with Gasteiger partial charge < -0.3 is 20.1 Å². The first-order valence-electron chi connectivity index (χ1n) is 39.9. The largest absolute Gasteiger partial charge is 0.472 e. The van der Waals surface area contributed by atoms with Gasteiger partial charge in [-0.15, -0.1) is 0 Å². The Bertz CT molecular complexity index is 2520. The van der Waals surface area contributed by atoms with E-state index in [0.717, 1.165) is 167 Å². The number of nitrogens with two attached hydrogens (primary N) is 1. The number of carbonyl (C=O) groups excluding carboxylic acids is 2. The molecule has 0 saturated heterocycles. The van der Waals surface area contributed by atoms with Gasteiger partial charge in [0.25, 0.3) is 0 Å². The second-order valence-corrected chi connectivity index (χ2v) is 26.9. The SMILES string of the molecule is CC/C=C\C/C=C\C/C=C\C/C=C\C/C=C\C/C=C\C/C=C\C/C=C\C/C=C\C/C=C\C/C=C\C/C=C\CCCCCCC(=O)OC(COC(=O)CCCCCCCCCCCCCCCCCCC/C=C\C/C=C\C/C=C\C/C=C\C/C=C\C/C=C\C/C=C\CC)COP(=O)(O)OCCN. The van der Waals surface area contributed by atoms with Gasteiger partial charge in [-0.2, -0.15) is 0 Å². The van der Waals surface area contributed by atoms with Gasteiger partial charge in [-0.25, -0.2) is 4.57 Å². The fraction of sp³-hybridized carbons (Fsp3) is 0.560. The number of phosphoric ester groups is 1. The molecule has 0 aliphatic rings. The molecule has 566 valence electrons. The van der Waals surface area contributed by atoms with E-state index in [4.69, 9.17) is 24.3 Å². The summed E-state index contributed by atoms with van der Waals surface area (Å²) in [6.45, 7) is 3.48. The molecule has 0 fully saturated rings. The van der Waals surface area contributed by atoms with Gasteiger partial charge in [0.1, 0.15) is 6.61 Å². The molecule has 2 atom stereocenters. The third-order valence-corrected chi connectivity index (χ3v) is 17.0. The number of allylic oxidation sites excluding steroid dienone is 38. The Balaban J connectivity index is 3.97. The zero-order valence-corrected chi connectivity index (χ0v) is 64.7. The van der Waals surface area contributed by atoms with Gasteiger partial charge in [0.05, 0.1) is 13.2 Å². The quantitative estimate of drug-likeness (QED) is 0.0264. The molecule has 9 nitrogen and oxygen atoms in total. The minimum absolute atomic E-state index is 0.0386. The van der Waals surface area contributed by atoms with E-state index in [1.807, 2.05) is 0 Å². The van der Waals surface area contributed by atoms with Gasteiger partial charge in [-0.05, 0) is 161 Å². The van der Waals surface area contributed by atoms with E-state index in [2.05, 4.69) is 245 Å². The highest BCUT2D eigenvalue weighted by Gasteiger charge is 2.26. The lowest BCUT2D eigenvalue weighted by atomic mass is 10.0. The van der Waals surface area contributed by atoms with Crippen molar-refractivity contribution in [1.29, 1.82) is 0 Å².